The molecule has 0 unspecified atom stereocenters. The van der Waals surface area contributed by atoms with E-state index in [9.17, 15) is 9.59 Å². The molecular formula is C17H18N2O2S2. The maximum atomic E-state index is 11.7. The highest BCUT2D eigenvalue weighted by Crippen LogP contribution is 2.18. The van der Waals surface area contributed by atoms with Crippen LogP contribution < -0.4 is 10.9 Å². The Hall–Kier alpha value is -1.92. The van der Waals surface area contributed by atoms with Crippen molar-refractivity contribution in [1.29, 1.82) is 0 Å². The standard InChI is InChI=1S/C17H18N2O2S2/c1-13-7-9-15(10-8-13)23-12-17(21)19-18-16(20)11-22-14-5-3-2-4-6-14/h2-10H,11-12H2,1H3,(H,18,20)(H,19,21). The number of nitrogens with one attached hydrogen (secondary N) is 2. The van der Waals surface area contributed by atoms with E-state index < -0.39 is 0 Å². The summed E-state index contributed by atoms with van der Waals surface area (Å²) >= 11 is 2.85. The molecule has 2 N–H and O–H groups in total. The number of amides is 2. The van der Waals surface area contributed by atoms with E-state index in [1.54, 1.807) is 0 Å². The van der Waals surface area contributed by atoms with Crippen LogP contribution in [-0.2, 0) is 9.59 Å². The van der Waals surface area contributed by atoms with Gasteiger partial charge in [-0.3, -0.25) is 20.4 Å². The van der Waals surface area contributed by atoms with E-state index in [1.165, 1.54) is 29.1 Å². The number of hydrazine groups is 1. The van der Waals surface area contributed by atoms with Crippen molar-refractivity contribution < 1.29 is 9.59 Å². The minimum atomic E-state index is -0.229. The van der Waals surface area contributed by atoms with Gasteiger partial charge in [0.25, 0.3) is 0 Å². The minimum absolute atomic E-state index is 0.228. The predicted molar refractivity (Wildman–Crippen MR) is 95.4 cm³/mol. The third-order valence-corrected chi connectivity index (χ3v) is 4.87. The molecule has 0 radical (unpaired) electrons. The van der Waals surface area contributed by atoms with E-state index in [-0.39, 0.29) is 23.3 Å². The van der Waals surface area contributed by atoms with Gasteiger partial charge >= 0.3 is 0 Å². The van der Waals surface area contributed by atoms with Crippen LogP contribution in [0.25, 0.3) is 0 Å². The summed E-state index contributed by atoms with van der Waals surface area (Å²) in [7, 11) is 0. The van der Waals surface area contributed by atoms with E-state index in [2.05, 4.69) is 10.9 Å². The molecule has 0 saturated carbocycles. The Labute approximate surface area is 144 Å². The van der Waals surface area contributed by atoms with Crippen molar-refractivity contribution in [2.24, 2.45) is 0 Å². The molecule has 23 heavy (non-hydrogen) atoms. The molecule has 4 nitrogen and oxygen atoms in total. The van der Waals surface area contributed by atoms with Crippen LogP contribution in [0, 0.1) is 6.92 Å². The number of benzene rings is 2. The monoisotopic (exact) mass is 346 g/mol. The van der Waals surface area contributed by atoms with Crippen LogP contribution in [-0.4, -0.2) is 23.3 Å². The Morgan fingerprint density at radius 1 is 0.783 bits per heavy atom. The van der Waals surface area contributed by atoms with Crippen molar-refractivity contribution >= 4 is 35.3 Å². The highest BCUT2D eigenvalue weighted by molar-refractivity contribution is 8.00. The number of thioether (sulfide) groups is 2. The molecule has 2 amide bonds. The summed E-state index contributed by atoms with van der Waals surface area (Å²) in [5.74, 6) is 0.0612. The van der Waals surface area contributed by atoms with Crippen LogP contribution in [0.5, 0.6) is 0 Å². The molecule has 6 heteroatoms. The Balaban J connectivity index is 1.63. The smallest absolute Gasteiger partial charge is 0.248 e. The largest absolute Gasteiger partial charge is 0.272 e. The molecule has 0 aromatic heterocycles. The van der Waals surface area contributed by atoms with Gasteiger partial charge in [-0.05, 0) is 31.2 Å². The zero-order valence-corrected chi connectivity index (χ0v) is 14.4. The number of carbonyl (C=O) groups is 2. The van der Waals surface area contributed by atoms with Crippen molar-refractivity contribution in [1.82, 2.24) is 10.9 Å². The lowest BCUT2D eigenvalue weighted by Crippen LogP contribution is -2.43. The maximum Gasteiger partial charge on any atom is 0.248 e. The summed E-state index contributed by atoms with van der Waals surface area (Å²) in [6, 6.07) is 17.6. The van der Waals surface area contributed by atoms with Crippen LogP contribution in [0.1, 0.15) is 5.56 Å². The fourth-order valence-electron chi connectivity index (χ4n) is 1.66. The van der Waals surface area contributed by atoms with Crippen LogP contribution >= 0.6 is 23.5 Å². The van der Waals surface area contributed by atoms with Gasteiger partial charge in [0.2, 0.25) is 11.8 Å². The fourth-order valence-corrected chi connectivity index (χ4v) is 3.08. The van der Waals surface area contributed by atoms with Gasteiger partial charge < -0.3 is 0 Å². The summed E-state index contributed by atoms with van der Waals surface area (Å²) in [6.45, 7) is 2.02. The van der Waals surface area contributed by atoms with Crippen molar-refractivity contribution in [3.05, 3.63) is 60.2 Å². The number of hydrogen-bond acceptors (Lipinski definition) is 4. The van der Waals surface area contributed by atoms with Gasteiger partial charge in [-0.15, -0.1) is 23.5 Å². The van der Waals surface area contributed by atoms with Gasteiger partial charge in [-0.2, -0.15) is 0 Å². The summed E-state index contributed by atoms with van der Waals surface area (Å²) in [5, 5.41) is 0. The number of aryl methyl sites for hydroxylation is 1. The minimum Gasteiger partial charge on any atom is -0.272 e. The summed E-state index contributed by atoms with van der Waals surface area (Å²) < 4.78 is 0. The second-order valence-corrected chi connectivity index (χ2v) is 6.90. The molecular weight excluding hydrogens is 328 g/mol. The maximum absolute atomic E-state index is 11.7. The highest BCUT2D eigenvalue weighted by Gasteiger charge is 2.06. The average Bonchev–Trinajstić information content (AvgIpc) is 2.58. The molecule has 0 spiro atoms. The molecule has 0 aliphatic carbocycles. The molecule has 0 atom stereocenters. The lowest BCUT2D eigenvalue weighted by atomic mass is 10.2. The van der Waals surface area contributed by atoms with Crippen molar-refractivity contribution in [3.63, 3.8) is 0 Å². The van der Waals surface area contributed by atoms with Crippen LogP contribution in [0.15, 0.2) is 64.4 Å². The number of carbonyl (C=O) groups excluding carboxylic acids is 2. The fraction of sp³-hybridized carbons (Fsp3) is 0.176. The van der Waals surface area contributed by atoms with E-state index in [4.69, 9.17) is 0 Å². The summed E-state index contributed by atoms with van der Waals surface area (Å²) in [5.41, 5.74) is 6.04. The summed E-state index contributed by atoms with van der Waals surface area (Å²) in [4.78, 5) is 25.4. The number of hydrogen-bond donors (Lipinski definition) is 2. The Bertz CT molecular complexity index is 645. The first kappa shape index (κ1) is 17.4. The van der Waals surface area contributed by atoms with Gasteiger partial charge in [-0.25, -0.2) is 0 Å². The van der Waals surface area contributed by atoms with Gasteiger partial charge in [-0.1, -0.05) is 35.9 Å². The van der Waals surface area contributed by atoms with Crippen molar-refractivity contribution in [3.8, 4) is 0 Å². The molecule has 0 fully saturated rings. The zero-order valence-electron chi connectivity index (χ0n) is 12.7. The van der Waals surface area contributed by atoms with Gasteiger partial charge in [0.15, 0.2) is 0 Å². The Morgan fingerprint density at radius 3 is 1.78 bits per heavy atom. The van der Waals surface area contributed by atoms with Gasteiger partial charge in [0, 0.05) is 9.79 Å². The third-order valence-electron chi connectivity index (χ3n) is 2.85. The van der Waals surface area contributed by atoms with Gasteiger partial charge in [0.05, 0.1) is 11.5 Å². The lowest BCUT2D eigenvalue weighted by Gasteiger charge is -2.07. The Kier molecular flexibility index (Phi) is 7.03. The molecule has 0 heterocycles. The van der Waals surface area contributed by atoms with Crippen LogP contribution in [0.2, 0.25) is 0 Å². The molecule has 2 rings (SSSR count). The quantitative estimate of drug-likeness (QED) is 0.623. The first-order valence-corrected chi connectivity index (χ1v) is 9.05. The molecule has 0 bridgehead atoms. The predicted octanol–water partition coefficient (Wildman–Crippen LogP) is 3.03. The molecule has 2 aromatic rings. The van der Waals surface area contributed by atoms with E-state index in [0.717, 1.165) is 9.79 Å². The molecule has 2 aromatic carbocycles. The van der Waals surface area contributed by atoms with Crippen molar-refractivity contribution in [2.75, 3.05) is 11.5 Å². The molecule has 0 saturated heterocycles. The van der Waals surface area contributed by atoms with E-state index >= 15 is 0 Å². The Morgan fingerprint density at radius 2 is 1.26 bits per heavy atom. The van der Waals surface area contributed by atoms with E-state index in [1.807, 2.05) is 61.5 Å². The third kappa shape index (κ3) is 6.80. The van der Waals surface area contributed by atoms with Crippen LogP contribution in [0.4, 0.5) is 0 Å². The average molecular weight is 346 g/mol. The van der Waals surface area contributed by atoms with Crippen LogP contribution in [0.3, 0.4) is 0 Å². The first-order chi connectivity index (χ1) is 11.1. The zero-order chi connectivity index (χ0) is 16.5. The molecule has 120 valence electrons. The number of rotatable bonds is 6. The molecule has 0 aliphatic rings. The normalized spacial score (nSPS) is 10.1. The second kappa shape index (κ2) is 9.27. The topological polar surface area (TPSA) is 58.2 Å². The lowest BCUT2D eigenvalue weighted by molar-refractivity contribution is -0.126. The summed E-state index contributed by atoms with van der Waals surface area (Å²) in [6.07, 6.45) is 0. The van der Waals surface area contributed by atoms with E-state index in [0.29, 0.717) is 0 Å². The highest BCUT2D eigenvalue weighted by atomic mass is 32.2. The SMILES string of the molecule is Cc1ccc(SCC(=O)NNC(=O)CSc2ccccc2)cc1. The van der Waals surface area contributed by atoms with Gasteiger partial charge in [0.1, 0.15) is 0 Å². The second-order valence-electron chi connectivity index (χ2n) is 4.80. The molecule has 0 aliphatic heterocycles. The van der Waals surface area contributed by atoms with Crippen molar-refractivity contribution in [2.45, 2.75) is 16.7 Å². The first-order valence-electron chi connectivity index (χ1n) is 7.08.